The summed E-state index contributed by atoms with van der Waals surface area (Å²) in [5, 5.41) is 9.34. The van der Waals surface area contributed by atoms with Gasteiger partial charge in [0.2, 0.25) is 15.6 Å². The predicted octanol–water partition coefficient (Wildman–Crippen LogP) is 2.89. The van der Waals surface area contributed by atoms with Gasteiger partial charge in [-0.15, -0.1) is 0 Å². The number of hydrogen-bond donors (Lipinski definition) is 2. The summed E-state index contributed by atoms with van der Waals surface area (Å²) in [6, 6.07) is 11.1. The fourth-order valence-electron chi connectivity index (χ4n) is 4.24. The van der Waals surface area contributed by atoms with Gasteiger partial charge in [-0.1, -0.05) is 36.0 Å². The van der Waals surface area contributed by atoms with E-state index in [1.165, 1.54) is 48.0 Å². The fourth-order valence-corrected chi connectivity index (χ4v) is 7.42. The van der Waals surface area contributed by atoms with E-state index in [0.29, 0.717) is 16.4 Å². The number of rotatable bonds is 11. The minimum absolute atomic E-state index is 0.0347. The van der Waals surface area contributed by atoms with Crippen LogP contribution in [-0.2, 0) is 34.3 Å². The SMILES string of the molecule is CN(C(=O)COCC(=O)O)c1ccc2c(c1)SC(=CC=CC=C1C(=O)c3ccccc3S1(=O)=O)N2CCCS(=O)(=O)O. The van der Waals surface area contributed by atoms with Crippen molar-refractivity contribution in [2.75, 3.05) is 42.4 Å². The van der Waals surface area contributed by atoms with Gasteiger partial charge in [0.05, 0.1) is 21.4 Å². The van der Waals surface area contributed by atoms with Gasteiger partial charge in [0, 0.05) is 29.7 Å². The molecule has 2 aliphatic heterocycles. The number of carboxylic acid groups (broad SMARTS) is 1. The summed E-state index contributed by atoms with van der Waals surface area (Å²) in [5.74, 6) is -2.70. The van der Waals surface area contributed by atoms with Crippen molar-refractivity contribution in [2.24, 2.45) is 0 Å². The summed E-state index contributed by atoms with van der Waals surface area (Å²) in [4.78, 5) is 39.2. The van der Waals surface area contributed by atoms with Crippen LogP contribution in [0, 0.1) is 0 Å². The zero-order valence-electron chi connectivity index (χ0n) is 22.2. The molecule has 0 saturated carbocycles. The van der Waals surface area contributed by atoms with E-state index in [1.807, 2.05) is 4.90 Å². The number of likely N-dealkylation sites (N-methyl/N-ethyl adjacent to an activating group) is 1. The van der Waals surface area contributed by atoms with E-state index in [1.54, 1.807) is 42.5 Å². The van der Waals surface area contributed by atoms with Gasteiger partial charge in [-0.3, -0.25) is 14.1 Å². The number of hydrogen-bond acceptors (Lipinski definition) is 10. The third-order valence-corrected chi connectivity index (χ3v) is 10.00. The second kappa shape index (κ2) is 12.6. The first-order valence-corrected chi connectivity index (χ1v) is 16.3. The number of thioether (sulfide) groups is 1. The monoisotopic (exact) mass is 634 g/mol. The Bertz CT molecular complexity index is 1740. The van der Waals surface area contributed by atoms with Crippen LogP contribution >= 0.6 is 11.8 Å². The fraction of sp³-hybridized carbons (Fsp3) is 0.222. The molecule has 2 aromatic carbocycles. The van der Waals surface area contributed by atoms with Crippen molar-refractivity contribution in [2.45, 2.75) is 16.2 Å². The van der Waals surface area contributed by atoms with Gasteiger partial charge in [0.1, 0.15) is 18.1 Å². The van der Waals surface area contributed by atoms with Gasteiger partial charge in [-0.2, -0.15) is 8.42 Å². The zero-order chi connectivity index (χ0) is 30.7. The van der Waals surface area contributed by atoms with Gasteiger partial charge in [0.15, 0.2) is 0 Å². The molecule has 0 radical (unpaired) electrons. The minimum atomic E-state index is -4.18. The number of sulfone groups is 1. The highest BCUT2D eigenvalue weighted by Crippen LogP contribution is 2.47. The van der Waals surface area contributed by atoms with Gasteiger partial charge < -0.3 is 19.6 Å². The van der Waals surface area contributed by atoms with Crippen LogP contribution in [0.15, 0.2) is 86.5 Å². The molecule has 0 bridgehead atoms. The number of Topliss-reactive ketones (excluding diaryl/α,β-unsaturated/α-hetero) is 1. The number of ketones is 1. The summed E-state index contributed by atoms with van der Waals surface area (Å²) >= 11 is 1.31. The highest BCUT2D eigenvalue weighted by atomic mass is 32.2. The Morgan fingerprint density at radius 2 is 1.81 bits per heavy atom. The highest BCUT2D eigenvalue weighted by molar-refractivity contribution is 8.03. The second-order valence-electron chi connectivity index (χ2n) is 9.13. The first kappa shape index (κ1) is 31.2. The van der Waals surface area contributed by atoms with Crippen molar-refractivity contribution in [3.8, 4) is 0 Å². The Balaban J connectivity index is 1.56. The number of carbonyl (C=O) groups is 3. The topological polar surface area (TPSA) is 176 Å². The second-order valence-corrected chi connectivity index (χ2v) is 13.7. The van der Waals surface area contributed by atoms with E-state index in [4.69, 9.17) is 14.4 Å². The Morgan fingerprint density at radius 3 is 2.50 bits per heavy atom. The van der Waals surface area contributed by atoms with E-state index in [-0.39, 0.29) is 28.3 Å². The number of fused-ring (bicyclic) bond motifs is 2. The van der Waals surface area contributed by atoms with E-state index < -0.39 is 56.6 Å². The number of anilines is 2. The summed E-state index contributed by atoms with van der Waals surface area (Å²) in [6.07, 6.45) is 5.99. The van der Waals surface area contributed by atoms with E-state index in [2.05, 4.69) is 0 Å². The number of aliphatic carboxylic acids is 1. The number of amides is 1. The van der Waals surface area contributed by atoms with Crippen LogP contribution in [0.1, 0.15) is 16.8 Å². The number of benzene rings is 2. The largest absolute Gasteiger partial charge is 0.480 e. The number of carbonyl (C=O) groups excluding carboxylic acids is 2. The molecular weight excluding hydrogens is 609 g/mol. The first-order valence-electron chi connectivity index (χ1n) is 12.4. The third kappa shape index (κ3) is 6.99. The molecule has 0 aromatic heterocycles. The van der Waals surface area contributed by atoms with Crippen LogP contribution in [0.5, 0.6) is 0 Å². The maximum atomic E-state index is 12.8. The van der Waals surface area contributed by atoms with Crippen molar-refractivity contribution in [1.29, 1.82) is 0 Å². The normalized spacial score (nSPS) is 17.7. The average Bonchev–Trinajstić information content (AvgIpc) is 3.36. The standard InChI is InChI=1S/C27H26N2O10S3/c1-28(24(30)16-39-17-26(31)32)18-11-12-20-21(15-18)40-25(29(20)13-6-14-41(34,35)36)10-5-4-9-23-27(33)19-7-2-3-8-22(19)42(23,37)38/h2-5,7-12,15H,6,13-14,16-17H2,1H3,(H,31,32)(H,34,35,36). The number of ether oxygens (including phenoxy) is 1. The van der Waals surface area contributed by atoms with Crippen LogP contribution in [-0.4, -0.2) is 76.7 Å². The molecular formula is C27H26N2O10S3. The molecule has 42 heavy (non-hydrogen) atoms. The maximum Gasteiger partial charge on any atom is 0.329 e. The van der Waals surface area contributed by atoms with E-state index >= 15 is 0 Å². The van der Waals surface area contributed by atoms with Crippen LogP contribution in [0.4, 0.5) is 11.4 Å². The molecule has 12 nitrogen and oxygen atoms in total. The van der Waals surface area contributed by atoms with Crippen LogP contribution in [0.3, 0.4) is 0 Å². The smallest absolute Gasteiger partial charge is 0.329 e. The molecule has 2 N–H and O–H groups in total. The molecule has 15 heteroatoms. The van der Waals surface area contributed by atoms with Crippen LogP contribution in [0.2, 0.25) is 0 Å². The number of allylic oxidation sites excluding steroid dienone is 5. The van der Waals surface area contributed by atoms with Gasteiger partial charge in [-0.25, -0.2) is 13.2 Å². The van der Waals surface area contributed by atoms with Gasteiger partial charge in [-0.05, 0) is 48.9 Å². The summed E-state index contributed by atoms with van der Waals surface area (Å²) in [6.45, 7) is -0.813. The predicted molar refractivity (Wildman–Crippen MR) is 156 cm³/mol. The molecule has 0 atom stereocenters. The summed E-state index contributed by atoms with van der Waals surface area (Å²) in [7, 11) is -6.59. The Morgan fingerprint density at radius 1 is 1.10 bits per heavy atom. The lowest BCUT2D eigenvalue weighted by Crippen LogP contribution is -2.31. The number of nitrogens with zero attached hydrogens (tertiary/aromatic N) is 2. The van der Waals surface area contributed by atoms with Crippen molar-refractivity contribution >= 4 is 60.8 Å². The molecule has 4 rings (SSSR count). The van der Waals surface area contributed by atoms with Crippen molar-refractivity contribution in [1.82, 2.24) is 0 Å². The third-order valence-electron chi connectivity index (χ3n) is 6.24. The van der Waals surface area contributed by atoms with E-state index in [9.17, 15) is 31.2 Å². The average molecular weight is 635 g/mol. The molecule has 222 valence electrons. The molecule has 2 aromatic rings. The molecule has 0 fully saturated rings. The van der Waals surface area contributed by atoms with Gasteiger partial charge in [0.25, 0.3) is 16.0 Å². The first-order chi connectivity index (χ1) is 19.8. The molecule has 2 aliphatic rings. The molecule has 0 unspecified atom stereocenters. The van der Waals surface area contributed by atoms with Crippen molar-refractivity contribution in [3.63, 3.8) is 0 Å². The van der Waals surface area contributed by atoms with Crippen LogP contribution < -0.4 is 9.80 Å². The molecule has 0 saturated heterocycles. The zero-order valence-corrected chi connectivity index (χ0v) is 24.6. The molecule has 2 heterocycles. The van der Waals surface area contributed by atoms with Gasteiger partial charge >= 0.3 is 5.97 Å². The summed E-state index contributed by atoms with van der Waals surface area (Å²) in [5.41, 5.74) is 1.34. The van der Waals surface area contributed by atoms with Crippen molar-refractivity contribution in [3.05, 3.63) is 82.3 Å². The lowest BCUT2D eigenvalue weighted by molar-refractivity contribution is -0.143. The maximum absolute atomic E-state index is 12.8. The Labute approximate surface area is 246 Å². The summed E-state index contributed by atoms with van der Waals surface area (Å²) < 4.78 is 62.1. The quantitative estimate of drug-likeness (QED) is 0.273. The lowest BCUT2D eigenvalue weighted by atomic mass is 10.1. The van der Waals surface area contributed by atoms with E-state index in [0.717, 1.165) is 4.90 Å². The molecule has 0 spiro atoms. The number of carboxylic acids is 1. The lowest BCUT2D eigenvalue weighted by Gasteiger charge is -2.21. The highest BCUT2D eigenvalue weighted by Gasteiger charge is 2.38. The Hall–Kier alpha value is -3.76. The Kier molecular flexibility index (Phi) is 9.37. The van der Waals surface area contributed by atoms with Crippen LogP contribution in [0.25, 0.3) is 0 Å². The molecule has 0 aliphatic carbocycles. The van der Waals surface area contributed by atoms with Crippen molar-refractivity contribution < 1.29 is 45.6 Å². The molecule has 1 amide bonds. The minimum Gasteiger partial charge on any atom is -0.480 e.